The highest BCUT2D eigenvalue weighted by Gasteiger charge is 2.31. The molecule has 4 aromatic rings. The number of fused-ring (bicyclic) bond motifs is 1. The SMILES string of the molecule is O=C(Nc1cc(C(F)(F)F)ccc1Cl)c1cc(-c2cccs2)nc2ccccc12. The van der Waals surface area contributed by atoms with Gasteiger partial charge >= 0.3 is 6.18 Å². The van der Waals surface area contributed by atoms with Gasteiger partial charge in [-0.1, -0.05) is 35.9 Å². The number of halogens is 4. The van der Waals surface area contributed by atoms with Crippen molar-refractivity contribution in [2.75, 3.05) is 5.32 Å². The second-order valence-electron chi connectivity index (χ2n) is 6.20. The first-order chi connectivity index (χ1) is 13.8. The van der Waals surface area contributed by atoms with E-state index in [2.05, 4.69) is 10.3 Å². The predicted molar refractivity (Wildman–Crippen MR) is 109 cm³/mol. The molecule has 1 N–H and O–H groups in total. The number of hydrogen-bond acceptors (Lipinski definition) is 3. The van der Waals surface area contributed by atoms with E-state index in [1.807, 2.05) is 17.5 Å². The van der Waals surface area contributed by atoms with E-state index < -0.39 is 17.6 Å². The van der Waals surface area contributed by atoms with Crippen LogP contribution in [-0.2, 0) is 6.18 Å². The average molecular weight is 433 g/mol. The molecule has 0 fully saturated rings. The summed E-state index contributed by atoms with van der Waals surface area (Å²) in [5.41, 5.74) is 0.520. The van der Waals surface area contributed by atoms with Crippen LogP contribution >= 0.6 is 22.9 Å². The van der Waals surface area contributed by atoms with E-state index in [1.54, 1.807) is 30.3 Å². The summed E-state index contributed by atoms with van der Waals surface area (Å²) in [5, 5.41) is 5.01. The third-order valence-electron chi connectivity index (χ3n) is 4.28. The van der Waals surface area contributed by atoms with Gasteiger partial charge in [0.25, 0.3) is 5.91 Å². The first-order valence-corrected chi connectivity index (χ1v) is 9.70. The number of rotatable bonds is 3. The molecule has 2 aromatic carbocycles. The molecule has 1 amide bonds. The molecule has 0 spiro atoms. The van der Waals surface area contributed by atoms with Crippen LogP contribution in [0, 0.1) is 0 Å². The Balaban J connectivity index is 1.78. The number of aromatic nitrogens is 1. The zero-order valence-corrected chi connectivity index (χ0v) is 16.2. The highest BCUT2D eigenvalue weighted by Crippen LogP contribution is 2.34. The Morgan fingerprint density at radius 1 is 1.03 bits per heavy atom. The summed E-state index contributed by atoms with van der Waals surface area (Å²) in [6.45, 7) is 0. The highest BCUT2D eigenvalue weighted by atomic mass is 35.5. The first-order valence-electron chi connectivity index (χ1n) is 8.45. The zero-order valence-electron chi connectivity index (χ0n) is 14.6. The van der Waals surface area contributed by atoms with Crippen molar-refractivity contribution >= 4 is 45.4 Å². The van der Waals surface area contributed by atoms with E-state index >= 15 is 0 Å². The molecule has 2 heterocycles. The van der Waals surface area contributed by atoms with Crippen LogP contribution in [0.25, 0.3) is 21.5 Å². The van der Waals surface area contributed by atoms with E-state index in [0.29, 0.717) is 22.2 Å². The minimum atomic E-state index is -4.54. The van der Waals surface area contributed by atoms with E-state index in [4.69, 9.17) is 11.6 Å². The molecular formula is C21H12ClF3N2OS. The topological polar surface area (TPSA) is 42.0 Å². The van der Waals surface area contributed by atoms with Gasteiger partial charge in [-0.05, 0) is 41.8 Å². The van der Waals surface area contributed by atoms with Gasteiger partial charge in [0.05, 0.1) is 37.9 Å². The number of para-hydroxylation sites is 1. The molecule has 0 atom stereocenters. The van der Waals surface area contributed by atoms with Crippen LogP contribution < -0.4 is 5.32 Å². The van der Waals surface area contributed by atoms with E-state index in [0.717, 1.165) is 23.1 Å². The van der Waals surface area contributed by atoms with Gasteiger partial charge in [0.2, 0.25) is 0 Å². The van der Waals surface area contributed by atoms with Crippen molar-refractivity contribution in [2.24, 2.45) is 0 Å². The maximum Gasteiger partial charge on any atom is 0.416 e. The maximum atomic E-state index is 13.0. The fraction of sp³-hybridized carbons (Fsp3) is 0.0476. The van der Waals surface area contributed by atoms with Gasteiger partial charge in [-0.2, -0.15) is 13.2 Å². The maximum absolute atomic E-state index is 13.0. The summed E-state index contributed by atoms with van der Waals surface area (Å²) in [6.07, 6.45) is -4.54. The smallest absolute Gasteiger partial charge is 0.321 e. The molecule has 29 heavy (non-hydrogen) atoms. The standard InChI is InChI=1S/C21H12ClF3N2OS/c22-15-8-7-12(21(23,24)25)10-17(15)27-20(28)14-11-18(19-6-3-9-29-19)26-16-5-2-1-4-13(14)16/h1-11H,(H,27,28). The normalized spacial score (nSPS) is 11.6. The molecule has 146 valence electrons. The van der Waals surface area contributed by atoms with Gasteiger partial charge in [0.15, 0.2) is 0 Å². The summed E-state index contributed by atoms with van der Waals surface area (Å²) in [5.74, 6) is -0.567. The summed E-state index contributed by atoms with van der Waals surface area (Å²) < 4.78 is 39.0. The van der Waals surface area contributed by atoms with E-state index in [-0.39, 0.29) is 10.7 Å². The molecular weight excluding hydrogens is 421 g/mol. The molecule has 0 bridgehead atoms. The predicted octanol–water partition coefficient (Wildman–Crippen LogP) is 6.89. The number of thiophene rings is 1. The number of amides is 1. The van der Waals surface area contributed by atoms with Gasteiger partial charge in [0, 0.05) is 5.39 Å². The number of hydrogen-bond donors (Lipinski definition) is 1. The molecule has 0 aliphatic heterocycles. The Morgan fingerprint density at radius 3 is 2.55 bits per heavy atom. The Morgan fingerprint density at radius 2 is 1.83 bits per heavy atom. The Labute approximate surface area is 172 Å². The van der Waals surface area contributed by atoms with Crippen molar-refractivity contribution in [1.82, 2.24) is 4.98 Å². The molecule has 0 unspecified atom stereocenters. The molecule has 0 saturated carbocycles. The summed E-state index contributed by atoms with van der Waals surface area (Å²) in [4.78, 5) is 18.5. The quantitative estimate of drug-likeness (QED) is 0.383. The third kappa shape index (κ3) is 3.97. The molecule has 0 aliphatic carbocycles. The van der Waals surface area contributed by atoms with Crippen LogP contribution in [-0.4, -0.2) is 10.9 Å². The monoisotopic (exact) mass is 432 g/mol. The van der Waals surface area contributed by atoms with Crippen molar-refractivity contribution in [3.63, 3.8) is 0 Å². The number of anilines is 1. The van der Waals surface area contributed by atoms with Crippen LogP contribution in [0.3, 0.4) is 0 Å². The van der Waals surface area contributed by atoms with Crippen LogP contribution in [0.15, 0.2) is 66.0 Å². The van der Waals surface area contributed by atoms with Crippen molar-refractivity contribution in [3.05, 3.63) is 82.2 Å². The second-order valence-corrected chi connectivity index (χ2v) is 7.55. The number of nitrogens with one attached hydrogen (secondary N) is 1. The van der Waals surface area contributed by atoms with Crippen molar-refractivity contribution in [2.45, 2.75) is 6.18 Å². The number of pyridine rings is 1. The van der Waals surface area contributed by atoms with E-state index in [9.17, 15) is 18.0 Å². The van der Waals surface area contributed by atoms with Crippen LogP contribution in [0.1, 0.15) is 15.9 Å². The zero-order chi connectivity index (χ0) is 20.6. The van der Waals surface area contributed by atoms with Crippen molar-refractivity contribution < 1.29 is 18.0 Å². The number of nitrogens with zero attached hydrogens (tertiary/aromatic N) is 1. The number of carbonyl (C=O) groups excluding carboxylic acids is 1. The lowest BCUT2D eigenvalue weighted by Crippen LogP contribution is -2.14. The summed E-state index contributed by atoms with van der Waals surface area (Å²) in [7, 11) is 0. The number of carbonyl (C=O) groups is 1. The van der Waals surface area contributed by atoms with Gasteiger partial charge in [-0.3, -0.25) is 4.79 Å². The van der Waals surface area contributed by atoms with Gasteiger partial charge < -0.3 is 5.32 Å². The second kappa shape index (κ2) is 7.50. The van der Waals surface area contributed by atoms with Crippen LogP contribution in [0.4, 0.5) is 18.9 Å². The van der Waals surface area contributed by atoms with Crippen molar-refractivity contribution in [1.29, 1.82) is 0 Å². The number of benzene rings is 2. The lowest BCUT2D eigenvalue weighted by Gasteiger charge is -2.13. The molecule has 0 saturated heterocycles. The van der Waals surface area contributed by atoms with Crippen molar-refractivity contribution in [3.8, 4) is 10.6 Å². The van der Waals surface area contributed by atoms with Gasteiger partial charge in [-0.25, -0.2) is 4.98 Å². The Kier molecular flexibility index (Phi) is 5.02. The lowest BCUT2D eigenvalue weighted by molar-refractivity contribution is -0.137. The highest BCUT2D eigenvalue weighted by molar-refractivity contribution is 7.13. The Hall–Kier alpha value is -2.90. The largest absolute Gasteiger partial charge is 0.416 e. The first kappa shape index (κ1) is 19.4. The molecule has 0 aliphatic rings. The molecule has 2 aromatic heterocycles. The summed E-state index contributed by atoms with van der Waals surface area (Å²) in [6, 6.07) is 15.3. The minimum Gasteiger partial charge on any atom is -0.321 e. The van der Waals surface area contributed by atoms with Gasteiger partial charge in [0.1, 0.15) is 0 Å². The number of alkyl halides is 3. The fourth-order valence-electron chi connectivity index (χ4n) is 2.90. The lowest BCUT2D eigenvalue weighted by atomic mass is 10.1. The molecule has 4 rings (SSSR count). The molecule has 3 nitrogen and oxygen atoms in total. The molecule has 0 radical (unpaired) electrons. The van der Waals surface area contributed by atoms with Crippen LogP contribution in [0.5, 0.6) is 0 Å². The molecule has 8 heteroatoms. The van der Waals surface area contributed by atoms with Gasteiger partial charge in [-0.15, -0.1) is 11.3 Å². The summed E-state index contributed by atoms with van der Waals surface area (Å²) >= 11 is 7.49. The third-order valence-corrected chi connectivity index (χ3v) is 5.50. The average Bonchev–Trinajstić information content (AvgIpc) is 3.22. The minimum absolute atomic E-state index is 0.0168. The fourth-order valence-corrected chi connectivity index (χ4v) is 3.75. The van der Waals surface area contributed by atoms with E-state index in [1.165, 1.54) is 11.3 Å². The van der Waals surface area contributed by atoms with Crippen LogP contribution in [0.2, 0.25) is 5.02 Å². The Bertz CT molecular complexity index is 1210.